The molecule has 0 atom stereocenters. The molecular formula is C5H17NO2S. The van der Waals surface area contributed by atoms with Crippen LogP contribution in [0.25, 0.3) is 0 Å². The Bertz CT molecular complexity index is 60.5. The Morgan fingerprint density at radius 1 is 1.11 bits per heavy atom. The SMILES string of the molecule is CC.CN(C)S(C)(O)O. The summed E-state index contributed by atoms with van der Waals surface area (Å²) in [5, 5.41) is 0. The first kappa shape index (κ1) is 12.0. The maximum Gasteiger partial charge on any atom is 0.0418 e. The zero-order chi connectivity index (χ0) is 8.08. The van der Waals surface area contributed by atoms with Crippen LogP contribution in [-0.2, 0) is 0 Å². The molecule has 0 aromatic heterocycles. The highest BCUT2D eigenvalue weighted by Gasteiger charge is 2.03. The average Bonchev–Trinajstić information content (AvgIpc) is 1.69. The van der Waals surface area contributed by atoms with Gasteiger partial charge in [0.1, 0.15) is 0 Å². The van der Waals surface area contributed by atoms with E-state index in [0.29, 0.717) is 0 Å². The molecule has 0 unspecified atom stereocenters. The van der Waals surface area contributed by atoms with Gasteiger partial charge in [-0.2, -0.15) is 0 Å². The van der Waals surface area contributed by atoms with Crippen LogP contribution >= 0.6 is 10.8 Å². The molecule has 0 aliphatic carbocycles. The van der Waals surface area contributed by atoms with Crippen molar-refractivity contribution in [1.82, 2.24) is 4.31 Å². The molecule has 0 amide bonds. The molecule has 4 heteroatoms. The largest absolute Gasteiger partial charge is 0.286 e. The Labute approximate surface area is 59.2 Å². The number of hydrogen-bond donors (Lipinski definition) is 2. The van der Waals surface area contributed by atoms with E-state index >= 15 is 0 Å². The Morgan fingerprint density at radius 3 is 1.22 bits per heavy atom. The van der Waals surface area contributed by atoms with E-state index in [1.807, 2.05) is 13.8 Å². The third-order valence-electron chi connectivity index (χ3n) is 0.692. The normalized spacial score (nSPS) is 12.4. The number of nitrogens with zero attached hydrogens (tertiary/aromatic N) is 1. The molecule has 0 radical (unpaired) electrons. The van der Waals surface area contributed by atoms with Gasteiger partial charge in [-0.25, -0.2) is 4.31 Å². The first-order chi connectivity index (χ1) is 3.94. The number of rotatable bonds is 1. The van der Waals surface area contributed by atoms with Crippen LogP contribution in [0.1, 0.15) is 13.8 Å². The average molecular weight is 155 g/mol. The molecule has 0 saturated heterocycles. The van der Waals surface area contributed by atoms with Crippen molar-refractivity contribution in [3.05, 3.63) is 0 Å². The third kappa shape index (κ3) is 8.23. The molecule has 0 heterocycles. The van der Waals surface area contributed by atoms with Crippen LogP contribution in [0.4, 0.5) is 0 Å². The fourth-order valence-corrected chi connectivity index (χ4v) is 0. The fraction of sp³-hybridized carbons (Fsp3) is 1.00. The van der Waals surface area contributed by atoms with Gasteiger partial charge in [0.25, 0.3) is 0 Å². The zero-order valence-corrected chi connectivity index (χ0v) is 7.57. The van der Waals surface area contributed by atoms with E-state index in [2.05, 4.69) is 0 Å². The van der Waals surface area contributed by atoms with Crippen LogP contribution in [0.15, 0.2) is 0 Å². The second-order valence-corrected chi connectivity index (χ2v) is 3.92. The van der Waals surface area contributed by atoms with Gasteiger partial charge < -0.3 is 0 Å². The topological polar surface area (TPSA) is 43.7 Å². The smallest absolute Gasteiger partial charge is 0.0418 e. The first-order valence-electron chi connectivity index (χ1n) is 2.85. The predicted molar refractivity (Wildman–Crippen MR) is 43.8 cm³/mol. The molecule has 2 N–H and O–H groups in total. The predicted octanol–water partition coefficient (Wildman–Crippen LogP) is 1.87. The highest BCUT2D eigenvalue weighted by molar-refractivity contribution is 8.21. The summed E-state index contributed by atoms with van der Waals surface area (Å²) < 4.78 is 18.7. The molecule has 0 aliphatic heterocycles. The minimum Gasteiger partial charge on any atom is -0.286 e. The van der Waals surface area contributed by atoms with Gasteiger partial charge in [0.05, 0.1) is 0 Å². The third-order valence-corrected chi connectivity index (χ3v) is 2.08. The van der Waals surface area contributed by atoms with Gasteiger partial charge in [0, 0.05) is 20.4 Å². The van der Waals surface area contributed by atoms with Crippen molar-refractivity contribution >= 4 is 10.8 Å². The highest BCUT2D eigenvalue weighted by Crippen LogP contribution is 2.34. The lowest BCUT2D eigenvalue weighted by Crippen LogP contribution is -2.16. The summed E-state index contributed by atoms with van der Waals surface area (Å²) >= 11 is 0. The summed E-state index contributed by atoms with van der Waals surface area (Å²) in [7, 11) is 0.833. The maximum atomic E-state index is 8.66. The lowest BCUT2D eigenvalue weighted by molar-refractivity contribution is 0.422. The van der Waals surface area contributed by atoms with Gasteiger partial charge in [-0.3, -0.25) is 9.11 Å². The van der Waals surface area contributed by atoms with Crippen molar-refractivity contribution in [2.24, 2.45) is 0 Å². The maximum absolute atomic E-state index is 8.66. The Morgan fingerprint density at radius 2 is 1.22 bits per heavy atom. The van der Waals surface area contributed by atoms with Crippen molar-refractivity contribution in [3.8, 4) is 0 Å². The van der Waals surface area contributed by atoms with Gasteiger partial charge in [0.2, 0.25) is 0 Å². The highest BCUT2D eigenvalue weighted by atomic mass is 32.3. The number of hydrogen-bond acceptors (Lipinski definition) is 3. The quantitative estimate of drug-likeness (QED) is 0.607. The first-order valence-corrected chi connectivity index (χ1v) is 4.76. The summed E-state index contributed by atoms with van der Waals surface area (Å²) in [6.45, 7) is 4.00. The molecule has 0 aliphatic rings. The van der Waals surface area contributed by atoms with Gasteiger partial charge in [0.15, 0.2) is 0 Å². The molecular weight excluding hydrogens is 138 g/mol. The van der Waals surface area contributed by atoms with Crippen molar-refractivity contribution in [3.63, 3.8) is 0 Å². The van der Waals surface area contributed by atoms with Gasteiger partial charge >= 0.3 is 0 Å². The van der Waals surface area contributed by atoms with Crippen LogP contribution in [0.3, 0.4) is 0 Å². The fourth-order valence-electron chi connectivity index (χ4n) is 0. The summed E-state index contributed by atoms with van der Waals surface area (Å²) in [5.74, 6) is 0. The van der Waals surface area contributed by atoms with Crippen LogP contribution < -0.4 is 0 Å². The minimum absolute atomic E-state index is 1.38. The Hall–Kier alpha value is 0.230. The van der Waals surface area contributed by atoms with Crippen LogP contribution in [0, 0.1) is 0 Å². The van der Waals surface area contributed by atoms with E-state index in [1.165, 1.54) is 10.6 Å². The summed E-state index contributed by atoms with van der Waals surface area (Å²) in [4.78, 5) is 0. The molecule has 0 rings (SSSR count). The monoisotopic (exact) mass is 155 g/mol. The lowest BCUT2D eigenvalue weighted by Gasteiger charge is -2.33. The Kier molecular flexibility index (Phi) is 6.71. The van der Waals surface area contributed by atoms with Crippen molar-refractivity contribution in [1.29, 1.82) is 0 Å². The second kappa shape index (κ2) is 5.05. The summed E-state index contributed by atoms with van der Waals surface area (Å²) in [6, 6.07) is 0. The molecule has 0 spiro atoms. The van der Waals surface area contributed by atoms with Crippen LogP contribution in [0.5, 0.6) is 0 Å². The zero-order valence-electron chi connectivity index (χ0n) is 6.75. The van der Waals surface area contributed by atoms with Gasteiger partial charge in [-0.1, -0.05) is 13.8 Å². The molecule has 0 aromatic carbocycles. The standard InChI is InChI=1S/C3H11NO2S.C2H6/c1-4(2)7(3,5)6;1-2/h5-6H,1-3H3;1-2H3. The molecule has 9 heavy (non-hydrogen) atoms. The molecule has 0 bridgehead atoms. The molecule has 0 aromatic rings. The minimum atomic E-state index is -2.41. The second-order valence-electron chi connectivity index (χ2n) is 1.61. The molecule has 60 valence electrons. The lowest BCUT2D eigenvalue weighted by atomic mass is 11.0. The van der Waals surface area contributed by atoms with Crippen LogP contribution in [0.2, 0.25) is 0 Å². The van der Waals surface area contributed by atoms with Crippen molar-refractivity contribution in [2.75, 3.05) is 20.4 Å². The van der Waals surface area contributed by atoms with E-state index < -0.39 is 10.8 Å². The summed E-state index contributed by atoms with van der Waals surface area (Å²) in [6.07, 6.45) is 1.38. The van der Waals surface area contributed by atoms with E-state index in [9.17, 15) is 0 Å². The van der Waals surface area contributed by atoms with Gasteiger partial charge in [-0.15, -0.1) is 10.8 Å². The van der Waals surface area contributed by atoms with Crippen molar-refractivity contribution < 1.29 is 9.11 Å². The Balaban J connectivity index is 0. The van der Waals surface area contributed by atoms with Gasteiger partial charge in [-0.05, 0) is 0 Å². The van der Waals surface area contributed by atoms with Crippen molar-refractivity contribution in [2.45, 2.75) is 13.8 Å². The van der Waals surface area contributed by atoms with Crippen LogP contribution in [-0.4, -0.2) is 33.8 Å². The molecule has 0 fully saturated rings. The molecule has 0 saturated carbocycles. The van der Waals surface area contributed by atoms with E-state index in [4.69, 9.17) is 9.11 Å². The van der Waals surface area contributed by atoms with E-state index in [-0.39, 0.29) is 0 Å². The van der Waals surface area contributed by atoms with E-state index in [0.717, 1.165) is 0 Å². The van der Waals surface area contributed by atoms with E-state index in [1.54, 1.807) is 14.1 Å². The molecule has 3 nitrogen and oxygen atoms in total. The summed E-state index contributed by atoms with van der Waals surface area (Å²) in [5.41, 5.74) is 0.